The molecule has 0 atom stereocenters. The highest BCUT2D eigenvalue weighted by molar-refractivity contribution is 6.14. The quantitative estimate of drug-likeness (QED) is 0.244. The number of carbonyl (C=O) groups excluding carboxylic acids is 2. The molecule has 0 saturated carbocycles. The number of ether oxygens (including phenoxy) is 4. The van der Waals surface area contributed by atoms with Gasteiger partial charge in [0.05, 0.1) is 13.2 Å². The molecule has 0 aromatic heterocycles. The molecule has 0 bridgehead atoms. The summed E-state index contributed by atoms with van der Waals surface area (Å²) in [6.45, 7) is 4.08. The van der Waals surface area contributed by atoms with Gasteiger partial charge in [0.25, 0.3) is 0 Å². The van der Waals surface area contributed by atoms with E-state index in [1.165, 1.54) is 0 Å². The lowest BCUT2D eigenvalue weighted by Gasteiger charge is -2.21. The Bertz CT molecular complexity index is 1230. The van der Waals surface area contributed by atoms with Gasteiger partial charge in [0.2, 0.25) is 0 Å². The van der Waals surface area contributed by atoms with Gasteiger partial charge in [-0.05, 0) is 25.0 Å². The third-order valence-corrected chi connectivity index (χ3v) is 5.53. The van der Waals surface area contributed by atoms with E-state index in [1.807, 2.05) is 84.9 Å². The average Bonchev–Trinajstić information content (AvgIpc) is 2.91. The van der Waals surface area contributed by atoms with Crippen LogP contribution in [-0.2, 0) is 22.7 Å². The monoisotopic (exact) mass is 484 g/mol. The molecule has 0 unspecified atom stereocenters. The summed E-state index contributed by atoms with van der Waals surface area (Å²) in [5, 5.41) is 1.26. The number of hydrogen-bond acceptors (Lipinski definition) is 6. The van der Waals surface area contributed by atoms with E-state index < -0.39 is 11.9 Å². The standard InChI is InChI=1S/C30H28O6/c1-3-33-29(31)25-26(30(32)34-4-2)28(36-20-22-15-9-6-10-16-22)24-18-12-11-17-23(24)27(25)35-19-21-13-7-5-8-14-21/h5-18H,3-4,19-20H2,1-2H3. The second kappa shape index (κ2) is 11.9. The van der Waals surface area contributed by atoms with Gasteiger partial charge in [0.1, 0.15) is 35.8 Å². The van der Waals surface area contributed by atoms with Crippen molar-refractivity contribution >= 4 is 22.7 Å². The molecule has 0 aliphatic heterocycles. The van der Waals surface area contributed by atoms with Crippen LogP contribution < -0.4 is 9.47 Å². The maximum absolute atomic E-state index is 13.3. The summed E-state index contributed by atoms with van der Waals surface area (Å²) in [5.74, 6) is -0.858. The highest BCUT2D eigenvalue weighted by Gasteiger charge is 2.32. The fraction of sp³-hybridized carbons (Fsp3) is 0.200. The van der Waals surface area contributed by atoms with Crippen LogP contribution in [0.5, 0.6) is 11.5 Å². The summed E-state index contributed by atoms with van der Waals surface area (Å²) in [4.78, 5) is 26.6. The molecule has 0 spiro atoms. The minimum absolute atomic E-state index is 0.00649. The van der Waals surface area contributed by atoms with E-state index in [0.717, 1.165) is 11.1 Å². The SMILES string of the molecule is CCOC(=O)c1c(C(=O)OCC)c(OCc2ccccc2)c2ccccc2c1OCc1ccccc1. The average molecular weight is 485 g/mol. The molecule has 4 aromatic rings. The van der Waals surface area contributed by atoms with Crippen molar-refractivity contribution in [1.29, 1.82) is 0 Å². The van der Waals surface area contributed by atoms with Crippen LogP contribution in [0.1, 0.15) is 45.7 Å². The van der Waals surface area contributed by atoms with E-state index in [0.29, 0.717) is 10.8 Å². The van der Waals surface area contributed by atoms with Crippen LogP contribution in [-0.4, -0.2) is 25.2 Å². The largest absolute Gasteiger partial charge is 0.487 e. The molecule has 0 N–H and O–H groups in total. The summed E-state index contributed by atoms with van der Waals surface area (Å²) < 4.78 is 23.2. The molecule has 6 nitrogen and oxygen atoms in total. The number of benzene rings is 4. The molecule has 6 heteroatoms. The van der Waals surface area contributed by atoms with Gasteiger partial charge in [-0.3, -0.25) is 0 Å². The highest BCUT2D eigenvalue weighted by Crippen LogP contribution is 2.42. The zero-order chi connectivity index (χ0) is 25.3. The van der Waals surface area contributed by atoms with Gasteiger partial charge in [-0.15, -0.1) is 0 Å². The van der Waals surface area contributed by atoms with Crippen LogP contribution in [0, 0.1) is 0 Å². The lowest BCUT2D eigenvalue weighted by atomic mass is 9.97. The molecule has 4 rings (SSSR count). The molecule has 0 aliphatic carbocycles. The molecular formula is C30H28O6. The zero-order valence-electron chi connectivity index (χ0n) is 20.4. The first-order valence-electron chi connectivity index (χ1n) is 11.9. The Hall–Kier alpha value is -4.32. The maximum atomic E-state index is 13.3. The van der Waals surface area contributed by atoms with E-state index in [2.05, 4.69) is 0 Å². The van der Waals surface area contributed by atoms with Crippen molar-refractivity contribution in [3.8, 4) is 11.5 Å². The third-order valence-electron chi connectivity index (χ3n) is 5.53. The van der Waals surface area contributed by atoms with Gasteiger partial charge in [-0.2, -0.15) is 0 Å². The lowest BCUT2D eigenvalue weighted by Crippen LogP contribution is -2.18. The minimum atomic E-state index is -0.682. The van der Waals surface area contributed by atoms with Crippen LogP contribution in [0.15, 0.2) is 84.9 Å². The Morgan fingerprint density at radius 3 is 1.28 bits per heavy atom. The van der Waals surface area contributed by atoms with Gasteiger partial charge < -0.3 is 18.9 Å². The van der Waals surface area contributed by atoms with Crippen LogP contribution in [0.4, 0.5) is 0 Å². The number of esters is 2. The molecule has 0 radical (unpaired) electrons. The van der Waals surface area contributed by atoms with Gasteiger partial charge in [0, 0.05) is 10.8 Å². The van der Waals surface area contributed by atoms with E-state index in [9.17, 15) is 9.59 Å². The topological polar surface area (TPSA) is 71.1 Å². The Kier molecular flexibility index (Phi) is 8.19. The van der Waals surface area contributed by atoms with Crippen molar-refractivity contribution < 1.29 is 28.5 Å². The van der Waals surface area contributed by atoms with Crippen molar-refractivity contribution in [1.82, 2.24) is 0 Å². The van der Waals surface area contributed by atoms with E-state index >= 15 is 0 Å². The normalized spacial score (nSPS) is 10.6. The fourth-order valence-electron chi connectivity index (χ4n) is 3.93. The number of fused-ring (bicyclic) bond motifs is 1. The fourth-order valence-corrected chi connectivity index (χ4v) is 3.93. The second-order valence-electron chi connectivity index (χ2n) is 7.94. The molecule has 0 heterocycles. The highest BCUT2D eigenvalue weighted by atomic mass is 16.5. The van der Waals surface area contributed by atoms with E-state index in [4.69, 9.17) is 18.9 Å². The van der Waals surface area contributed by atoms with Gasteiger partial charge in [-0.25, -0.2) is 9.59 Å². The Balaban J connectivity index is 1.92. The second-order valence-corrected chi connectivity index (χ2v) is 7.94. The molecular weight excluding hydrogens is 456 g/mol. The molecule has 0 amide bonds. The Labute approximate surface area is 210 Å². The summed E-state index contributed by atoms with van der Waals surface area (Å²) in [6.07, 6.45) is 0. The van der Waals surface area contributed by atoms with Crippen LogP contribution in [0.25, 0.3) is 10.8 Å². The summed E-state index contributed by atoms with van der Waals surface area (Å²) >= 11 is 0. The first-order valence-corrected chi connectivity index (χ1v) is 11.9. The zero-order valence-corrected chi connectivity index (χ0v) is 20.4. The van der Waals surface area contributed by atoms with E-state index in [-0.39, 0.29) is 49.1 Å². The summed E-state index contributed by atoms with van der Waals surface area (Å²) in [7, 11) is 0. The van der Waals surface area contributed by atoms with Crippen LogP contribution in [0.2, 0.25) is 0 Å². The summed E-state index contributed by atoms with van der Waals surface area (Å²) in [5.41, 5.74) is 1.82. The number of hydrogen-bond donors (Lipinski definition) is 0. The molecule has 4 aromatic carbocycles. The van der Waals surface area contributed by atoms with Crippen molar-refractivity contribution in [3.63, 3.8) is 0 Å². The molecule has 0 fully saturated rings. The molecule has 184 valence electrons. The van der Waals surface area contributed by atoms with Gasteiger partial charge in [0.15, 0.2) is 0 Å². The molecule has 0 aliphatic rings. The first-order chi connectivity index (χ1) is 17.6. The van der Waals surface area contributed by atoms with Crippen molar-refractivity contribution in [3.05, 3.63) is 107 Å². The van der Waals surface area contributed by atoms with Crippen molar-refractivity contribution in [2.45, 2.75) is 27.1 Å². The smallest absolute Gasteiger partial charge is 0.342 e. The molecule has 36 heavy (non-hydrogen) atoms. The lowest BCUT2D eigenvalue weighted by molar-refractivity contribution is 0.0470. The van der Waals surface area contributed by atoms with Gasteiger partial charge in [-0.1, -0.05) is 84.9 Å². The van der Waals surface area contributed by atoms with Crippen LogP contribution >= 0.6 is 0 Å². The van der Waals surface area contributed by atoms with E-state index in [1.54, 1.807) is 13.8 Å². The Morgan fingerprint density at radius 1 is 0.556 bits per heavy atom. The predicted octanol–water partition coefficient (Wildman–Crippen LogP) is 6.35. The number of carbonyl (C=O) groups is 2. The number of rotatable bonds is 10. The molecule has 0 saturated heterocycles. The minimum Gasteiger partial charge on any atom is -0.487 e. The summed E-state index contributed by atoms with van der Waals surface area (Å²) in [6, 6.07) is 26.5. The van der Waals surface area contributed by atoms with Gasteiger partial charge >= 0.3 is 11.9 Å². The Morgan fingerprint density at radius 2 is 0.917 bits per heavy atom. The third kappa shape index (κ3) is 5.49. The van der Waals surface area contributed by atoms with Crippen molar-refractivity contribution in [2.75, 3.05) is 13.2 Å². The van der Waals surface area contributed by atoms with Crippen molar-refractivity contribution in [2.24, 2.45) is 0 Å². The first kappa shape index (κ1) is 24.8. The van der Waals surface area contributed by atoms with Crippen LogP contribution in [0.3, 0.4) is 0 Å². The predicted molar refractivity (Wildman–Crippen MR) is 137 cm³/mol. The maximum Gasteiger partial charge on any atom is 0.342 e.